The molecule has 1 rings (SSSR count). The van der Waals surface area contributed by atoms with E-state index in [1.807, 2.05) is 0 Å². The second-order valence-corrected chi connectivity index (χ2v) is 8.03. The second-order valence-electron chi connectivity index (χ2n) is 6.79. The largest absolute Gasteiger partial charge is 0.316 e. The lowest BCUT2D eigenvalue weighted by Gasteiger charge is -2.34. The van der Waals surface area contributed by atoms with Gasteiger partial charge in [0.15, 0.2) is 0 Å². The van der Waals surface area contributed by atoms with E-state index >= 15 is 0 Å². The second kappa shape index (κ2) is 9.83. The fourth-order valence-electron chi connectivity index (χ4n) is 2.88. The topological polar surface area (TPSA) is 12.0 Å². The van der Waals surface area contributed by atoms with E-state index in [1.165, 1.54) is 41.2 Å². The predicted octanol–water partition coefficient (Wildman–Crippen LogP) is 5.67. The molecule has 0 aromatic heterocycles. The minimum absolute atomic E-state index is 0.414. The molecule has 1 nitrogen and oxygen atoms in total. The predicted molar refractivity (Wildman–Crippen MR) is 103 cm³/mol. The Bertz CT molecular complexity index is 385. The van der Waals surface area contributed by atoms with Crippen molar-refractivity contribution in [1.82, 2.24) is 5.32 Å². The molecule has 21 heavy (non-hydrogen) atoms. The number of halogens is 1. The Labute approximate surface area is 145 Å². The van der Waals surface area contributed by atoms with Gasteiger partial charge in [0, 0.05) is 10.1 Å². The van der Waals surface area contributed by atoms with Crippen LogP contribution in [0.15, 0.2) is 24.3 Å². The summed E-state index contributed by atoms with van der Waals surface area (Å²) in [6, 6.07) is 9.08. The lowest BCUT2D eigenvalue weighted by molar-refractivity contribution is 0.226. The summed E-state index contributed by atoms with van der Waals surface area (Å²) in [5, 5.41) is 3.72. The summed E-state index contributed by atoms with van der Waals surface area (Å²) >= 11 is 2.38. The van der Waals surface area contributed by atoms with E-state index < -0.39 is 0 Å². The quantitative estimate of drug-likeness (QED) is 0.499. The van der Waals surface area contributed by atoms with Gasteiger partial charge < -0.3 is 5.32 Å². The molecule has 0 radical (unpaired) electrons. The van der Waals surface area contributed by atoms with E-state index in [2.05, 4.69) is 79.9 Å². The highest BCUT2D eigenvalue weighted by atomic mass is 127. The van der Waals surface area contributed by atoms with Crippen molar-refractivity contribution in [2.24, 2.45) is 11.3 Å². The Balaban J connectivity index is 2.75. The summed E-state index contributed by atoms with van der Waals surface area (Å²) in [6.07, 6.45) is 6.41. The first-order valence-electron chi connectivity index (χ1n) is 8.46. The first kappa shape index (κ1) is 19.0. The Hall–Kier alpha value is -0.0900. The van der Waals surface area contributed by atoms with Crippen LogP contribution in [0.25, 0.3) is 0 Å². The van der Waals surface area contributed by atoms with Gasteiger partial charge in [0.25, 0.3) is 0 Å². The smallest absolute Gasteiger partial charge is 0.0130 e. The van der Waals surface area contributed by atoms with Crippen LogP contribution in [0.5, 0.6) is 0 Å². The zero-order valence-electron chi connectivity index (χ0n) is 14.2. The van der Waals surface area contributed by atoms with Gasteiger partial charge in [0.2, 0.25) is 0 Å². The number of unbranched alkanes of at least 4 members (excludes halogenated alkanes) is 1. The van der Waals surface area contributed by atoms with Gasteiger partial charge >= 0.3 is 0 Å². The van der Waals surface area contributed by atoms with E-state index in [0.29, 0.717) is 5.41 Å². The molecule has 0 spiro atoms. The third kappa shape index (κ3) is 7.14. The van der Waals surface area contributed by atoms with Crippen LogP contribution in [0.3, 0.4) is 0 Å². The highest BCUT2D eigenvalue weighted by molar-refractivity contribution is 14.1. The van der Waals surface area contributed by atoms with Crippen molar-refractivity contribution in [1.29, 1.82) is 0 Å². The van der Waals surface area contributed by atoms with Crippen LogP contribution in [0.4, 0.5) is 0 Å². The molecule has 0 fully saturated rings. The van der Waals surface area contributed by atoms with Crippen LogP contribution in [-0.4, -0.2) is 13.1 Å². The molecule has 120 valence electrons. The van der Waals surface area contributed by atoms with Gasteiger partial charge in [-0.25, -0.2) is 0 Å². The van der Waals surface area contributed by atoms with Gasteiger partial charge in [0.05, 0.1) is 0 Å². The average Bonchev–Trinajstić information content (AvgIpc) is 2.46. The molecule has 2 heteroatoms. The third-order valence-electron chi connectivity index (χ3n) is 4.36. The molecule has 0 saturated heterocycles. The lowest BCUT2D eigenvalue weighted by atomic mass is 9.75. The molecule has 1 atom stereocenters. The molecule has 0 bridgehead atoms. The molecule has 1 unspecified atom stereocenters. The summed E-state index contributed by atoms with van der Waals surface area (Å²) in [4.78, 5) is 0. The molecule has 1 N–H and O–H groups in total. The van der Waals surface area contributed by atoms with Crippen molar-refractivity contribution in [3.05, 3.63) is 33.4 Å². The zero-order valence-corrected chi connectivity index (χ0v) is 16.4. The minimum atomic E-state index is 0.414. The Morgan fingerprint density at radius 3 is 2.33 bits per heavy atom. The van der Waals surface area contributed by atoms with Crippen molar-refractivity contribution < 1.29 is 0 Å². The van der Waals surface area contributed by atoms with Crippen LogP contribution in [0.1, 0.15) is 58.9 Å². The molecule has 1 aromatic rings. The SMILES string of the molecule is CCCCC(CC)(CNCC(C)C)Cc1ccc(I)cc1. The number of hydrogen-bond donors (Lipinski definition) is 1. The van der Waals surface area contributed by atoms with Gasteiger partial charge in [-0.1, -0.05) is 52.7 Å². The number of benzene rings is 1. The van der Waals surface area contributed by atoms with Crippen LogP contribution >= 0.6 is 22.6 Å². The van der Waals surface area contributed by atoms with Gasteiger partial charge in [0.1, 0.15) is 0 Å². The van der Waals surface area contributed by atoms with Crippen molar-refractivity contribution in [3.8, 4) is 0 Å². The van der Waals surface area contributed by atoms with E-state index in [-0.39, 0.29) is 0 Å². The molecule has 0 aliphatic carbocycles. The van der Waals surface area contributed by atoms with Gasteiger partial charge in [-0.2, -0.15) is 0 Å². The third-order valence-corrected chi connectivity index (χ3v) is 5.07. The summed E-state index contributed by atoms with van der Waals surface area (Å²) < 4.78 is 1.32. The van der Waals surface area contributed by atoms with E-state index in [9.17, 15) is 0 Å². The first-order valence-corrected chi connectivity index (χ1v) is 9.54. The molecule has 0 aliphatic heterocycles. The maximum absolute atomic E-state index is 3.72. The minimum Gasteiger partial charge on any atom is -0.316 e. The van der Waals surface area contributed by atoms with Gasteiger partial charge in [-0.3, -0.25) is 0 Å². The maximum Gasteiger partial charge on any atom is 0.0130 e. The molecular formula is C19H32IN. The van der Waals surface area contributed by atoms with Crippen molar-refractivity contribution in [3.63, 3.8) is 0 Å². The standard InChI is InChI=1S/C19H32IN/c1-5-7-12-19(6-2,15-21-14-16(3)4)13-17-8-10-18(20)11-9-17/h8-11,16,21H,5-7,12-15H2,1-4H3. The molecule has 0 saturated carbocycles. The van der Waals surface area contributed by atoms with Crippen molar-refractivity contribution in [2.75, 3.05) is 13.1 Å². The molecule has 0 heterocycles. The van der Waals surface area contributed by atoms with Crippen LogP contribution in [0, 0.1) is 14.9 Å². The summed E-state index contributed by atoms with van der Waals surface area (Å²) in [7, 11) is 0. The van der Waals surface area contributed by atoms with Crippen LogP contribution in [0.2, 0.25) is 0 Å². The molecule has 1 aromatic carbocycles. The Morgan fingerprint density at radius 1 is 1.14 bits per heavy atom. The van der Waals surface area contributed by atoms with Crippen molar-refractivity contribution in [2.45, 2.75) is 59.8 Å². The fourth-order valence-corrected chi connectivity index (χ4v) is 3.24. The van der Waals surface area contributed by atoms with Crippen LogP contribution < -0.4 is 5.32 Å². The lowest BCUT2D eigenvalue weighted by Crippen LogP contribution is -2.37. The Kier molecular flexibility index (Phi) is 8.88. The Morgan fingerprint density at radius 2 is 1.81 bits per heavy atom. The zero-order chi connectivity index (χ0) is 15.7. The number of hydrogen-bond acceptors (Lipinski definition) is 1. The van der Waals surface area contributed by atoms with E-state index in [1.54, 1.807) is 0 Å². The van der Waals surface area contributed by atoms with Crippen molar-refractivity contribution >= 4 is 22.6 Å². The highest BCUT2D eigenvalue weighted by Crippen LogP contribution is 2.32. The normalized spacial score (nSPS) is 14.4. The maximum atomic E-state index is 3.72. The summed E-state index contributed by atoms with van der Waals surface area (Å²) in [5.74, 6) is 0.726. The van der Waals surface area contributed by atoms with E-state index in [4.69, 9.17) is 0 Å². The number of nitrogens with one attached hydrogen (secondary N) is 1. The first-order chi connectivity index (χ1) is 10.0. The number of rotatable bonds is 10. The summed E-state index contributed by atoms with van der Waals surface area (Å²) in [5.41, 5.74) is 1.90. The molecule has 0 amide bonds. The summed E-state index contributed by atoms with van der Waals surface area (Å²) in [6.45, 7) is 11.5. The molecular weight excluding hydrogens is 369 g/mol. The van der Waals surface area contributed by atoms with Crippen LogP contribution in [-0.2, 0) is 6.42 Å². The highest BCUT2D eigenvalue weighted by Gasteiger charge is 2.27. The fraction of sp³-hybridized carbons (Fsp3) is 0.684. The van der Waals surface area contributed by atoms with Gasteiger partial charge in [-0.05, 0) is 77.4 Å². The monoisotopic (exact) mass is 401 g/mol. The van der Waals surface area contributed by atoms with E-state index in [0.717, 1.165) is 19.0 Å². The van der Waals surface area contributed by atoms with Gasteiger partial charge in [-0.15, -0.1) is 0 Å². The average molecular weight is 401 g/mol. The molecule has 0 aliphatic rings.